The Bertz CT molecular complexity index is 345. The zero-order valence-corrected chi connectivity index (χ0v) is 12.3. The molecular weight excluding hydrogens is 246 g/mol. The smallest absolute Gasteiger partial charge is 0.165 e. The van der Waals surface area contributed by atoms with Crippen molar-refractivity contribution in [2.24, 2.45) is 0 Å². The molecule has 0 amide bonds. The van der Waals surface area contributed by atoms with Gasteiger partial charge in [0.15, 0.2) is 11.5 Å². The molecule has 0 spiro atoms. The van der Waals surface area contributed by atoms with E-state index in [-0.39, 0.29) is 0 Å². The van der Waals surface area contributed by atoms with E-state index in [4.69, 9.17) is 9.47 Å². The van der Waals surface area contributed by atoms with Crippen molar-refractivity contribution < 1.29 is 9.47 Å². The Morgan fingerprint density at radius 2 is 2.11 bits per heavy atom. The van der Waals surface area contributed by atoms with Gasteiger partial charge in [0, 0.05) is 17.9 Å². The molecule has 0 radical (unpaired) electrons. The molecule has 0 fully saturated rings. The first-order chi connectivity index (χ1) is 8.83. The molecule has 1 rings (SSSR count). The molecule has 0 aromatic heterocycles. The summed E-state index contributed by atoms with van der Waals surface area (Å²) in [7, 11) is 1.68. The van der Waals surface area contributed by atoms with Gasteiger partial charge >= 0.3 is 0 Å². The van der Waals surface area contributed by atoms with Crippen LogP contribution in [0.1, 0.15) is 19.4 Å². The number of hydrogen-bond donors (Lipinski definition) is 1. The maximum atomic E-state index is 5.87. The van der Waals surface area contributed by atoms with Crippen molar-refractivity contribution >= 4 is 11.8 Å². The zero-order valence-electron chi connectivity index (χ0n) is 11.5. The number of nitrogens with one attached hydrogen (secondary N) is 1. The van der Waals surface area contributed by atoms with Gasteiger partial charge in [-0.2, -0.15) is 11.8 Å². The molecule has 1 N–H and O–H groups in total. The highest BCUT2D eigenvalue weighted by Gasteiger charge is 2.09. The number of ether oxygens (including phenoxy) is 2. The second kappa shape index (κ2) is 9.11. The summed E-state index contributed by atoms with van der Waals surface area (Å²) in [5.41, 5.74) is 1.15. The van der Waals surface area contributed by atoms with Crippen molar-refractivity contribution in [3.8, 4) is 11.5 Å². The second-order valence-corrected chi connectivity index (χ2v) is 5.17. The maximum absolute atomic E-state index is 5.87. The van der Waals surface area contributed by atoms with Crippen LogP contribution in [0.25, 0.3) is 0 Å². The van der Waals surface area contributed by atoms with Crippen LogP contribution in [0.2, 0.25) is 0 Å². The Labute approximate surface area is 114 Å². The second-order valence-electron chi connectivity index (χ2n) is 3.77. The minimum Gasteiger partial charge on any atom is -0.493 e. The van der Waals surface area contributed by atoms with Gasteiger partial charge in [-0.05, 0) is 18.4 Å². The molecule has 0 aliphatic heterocycles. The lowest BCUT2D eigenvalue weighted by molar-refractivity contribution is 0.309. The molecule has 4 heteroatoms. The first-order valence-corrected chi connectivity index (χ1v) is 7.56. The van der Waals surface area contributed by atoms with Gasteiger partial charge in [-0.25, -0.2) is 0 Å². The van der Waals surface area contributed by atoms with Gasteiger partial charge in [0.2, 0.25) is 0 Å². The van der Waals surface area contributed by atoms with Crippen LogP contribution in [0.15, 0.2) is 18.2 Å². The van der Waals surface area contributed by atoms with Crippen LogP contribution in [0.5, 0.6) is 11.5 Å². The summed E-state index contributed by atoms with van der Waals surface area (Å²) in [5, 5.41) is 3.32. The summed E-state index contributed by atoms with van der Waals surface area (Å²) < 4.78 is 11.2. The maximum Gasteiger partial charge on any atom is 0.165 e. The first-order valence-electron chi connectivity index (χ1n) is 6.40. The summed E-state index contributed by atoms with van der Waals surface area (Å²) in [6.45, 7) is 6.73. The molecule has 1 aromatic rings. The van der Waals surface area contributed by atoms with Crippen LogP contribution < -0.4 is 14.8 Å². The van der Waals surface area contributed by atoms with E-state index in [1.807, 2.05) is 23.9 Å². The Morgan fingerprint density at radius 1 is 1.28 bits per heavy atom. The lowest BCUT2D eigenvalue weighted by Gasteiger charge is -2.15. The summed E-state index contributed by atoms with van der Waals surface area (Å²) in [5.74, 6) is 3.82. The highest BCUT2D eigenvalue weighted by molar-refractivity contribution is 7.99. The van der Waals surface area contributed by atoms with Crippen molar-refractivity contribution in [3.63, 3.8) is 0 Å². The largest absolute Gasteiger partial charge is 0.493 e. The predicted molar refractivity (Wildman–Crippen MR) is 78.9 cm³/mol. The third-order valence-corrected chi connectivity index (χ3v) is 3.39. The fraction of sp³-hybridized carbons (Fsp3) is 0.571. The lowest BCUT2D eigenvalue weighted by Crippen LogP contribution is -2.14. The molecule has 1 aromatic carbocycles. The summed E-state index contributed by atoms with van der Waals surface area (Å²) in [4.78, 5) is 0. The Balaban J connectivity index is 2.69. The topological polar surface area (TPSA) is 30.5 Å². The van der Waals surface area contributed by atoms with Crippen LogP contribution in [0, 0.1) is 0 Å². The highest BCUT2D eigenvalue weighted by Crippen LogP contribution is 2.31. The molecule has 0 aliphatic rings. The third-order valence-electron chi connectivity index (χ3n) is 2.52. The molecule has 0 heterocycles. The fourth-order valence-electron chi connectivity index (χ4n) is 1.63. The van der Waals surface area contributed by atoms with E-state index in [1.54, 1.807) is 7.11 Å². The van der Waals surface area contributed by atoms with Crippen LogP contribution in [-0.4, -0.2) is 31.8 Å². The van der Waals surface area contributed by atoms with Crippen molar-refractivity contribution in [1.29, 1.82) is 0 Å². The van der Waals surface area contributed by atoms with Gasteiger partial charge in [0.1, 0.15) is 0 Å². The van der Waals surface area contributed by atoms with Crippen molar-refractivity contribution in [2.75, 3.05) is 31.8 Å². The van der Waals surface area contributed by atoms with Crippen molar-refractivity contribution in [2.45, 2.75) is 20.4 Å². The number of benzene rings is 1. The van der Waals surface area contributed by atoms with Crippen LogP contribution >= 0.6 is 11.8 Å². The number of thioether (sulfide) groups is 1. The van der Waals surface area contributed by atoms with E-state index in [2.05, 4.69) is 25.2 Å². The number of rotatable bonds is 9. The quantitative estimate of drug-likeness (QED) is 0.698. The summed E-state index contributed by atoms with van der Waals surface area (Å²) in [6, 6.07) is 6.02. The summed E-state index contributed by atoms with van der Waals surface area (Å²) in [6.07, 6.45) is 0. The van der Waals surface area contributed by atoms with E-state index in [9.17, 15) is 0 Å². The van der Waals surface area contributed by atoms with Gasteiger partial charge in [-0.15, -0.1) is 0 Å². The van der Waals surface area contributed by atoms with Crippen molar-refractivity contribution in [3.05, 3.63) is 23.8 Å². The summed E-state index contributed by atoms with van der Waals surface area (Å²) >= 11 is 1.88. The van der Waals surface area contributed by atoms with E-state index < -0.39 is 0 Å². The number of para-hydroxylation sites is 1. The molecule has 0 bridgehead atoms. The molecule has 3 nitrogen and oxygen atoms in total. The molecule has 0 unspecified atom stereocenters. The van der Waals surface area contributed by atoms with Crippen LogP contribution in [0.4, 0.5) is 0 Å². The normalized spacial score (nSPS) is 10.4. The SMILES string of the molecule is CCNCc1cccc(OC)c1OCCSCC. The molecule has 18 heavy (non-hydrogen) atoms. The van der Waals surface area contributed by atoms with Crippen LogP contribution in [-0.2, 0) is 6.54 Å². The van der Waals surface area contributed by atoms with Crippen molar-refractivity contribution in [1.82, 2.24) is 5.32 Å². The standard InChI is InChI=1S/C14H23NO2S/c1-4-15-11-12-7-6-8-13(16-3)14(12)17-9-10-18-5-2/h6-8,15H,4-5,9-11H2,1-3H3. The molecule has 0 saturated carbocycles. The molecule has 0 atom stereocenters. The van der Waals surface area contributed by atoms with E-state index in [0.29, 0.717) is 0 Å². The number of methoxy groups -OCH3 is 1. The average molecular weight is 269 g/mol. The Morgan fingerprint density at radius 3 is 2.78 bits per heavy atom. The predicted octanol–water partition coefficient (Wildman–Crippen LogP) is 2.94. The van der Waals surface area contributed by atoms with E-state index >= 15 is 0 Å². The lowest BCUT2D eigenvalue weighted by atomic mass is 10.2. The minimum absolute atomic E-state index is 0.720. The minimum atomic E-state index is 0.720. The Kier molecular flexibility index (Phi) is 7.69. The average Bonchev–Trinajstić information content (AvgIpc) is 2.41. The van der Waals surface area contributed by atoms with E-state index in [1.165, 1.54) is 0 Å². The molecule has 0 aliphatic carbocycles. The first kappa shape index (κ1) is 15.2. The van der Waals surface area contributed by atoms with Gasteiger partial charge in [0.05, 0.1) is 13.7 Å². The molecule has 0 saturated heterocycles. The Hall–Kier alpha value is -0.870. The fourth-order valence-corrected chi connectivity index (χ4v) is 2.12. The van der Waals surface area contributed by atoms with Gasteiger partial charge in [0.25, 0.3) is 0 Å². The van der Waals surface area contributed by atoms with Gasteiger partial charge in [-0.3, -0.25) is 0 Å². The monoisotopic (exact) mass is 269 g/mol. The van der Waals surface area contributed by atoms with Gasteiger partial charge in [-0.1, -0.05) is 26.0 Å². The zero-order chi connectivity index (χ0) is 13.2. The third kappa shape index (κ3) is 4.78. The van der Waals surface area contributed by atoms with Crippen LogP contribution in [0.3, 0.4) is 0 Å². The number of hydrogen-bond acceptors (Lipinski definition) is 4. The highest BCUT2D eigenvalue weighted by atomic mass is 32.2. The van der Waals surface area contributed by atoms with E-state index in [0.717, 1.165) is 48.3 Å². The molecular formula is C14H23NO2S. The van der Waals surface area contributed by atoms with Gasteiger partial charge < -0.3 is 14.8 Å². The molecule has 102 valence electrons.